The van der Waals surface area contributed by atoms with E-state index >= 15 is 0 Å². The highest BCUT2D eigenvalue weighted by Gasteiger charge is 2.54. The lowest BCUT2D eigenvalue weighted by molar-refractivity contribution is -0.170. The zero-order chi connectivity index (χ0) is 24.2. The number of thiazole rings is 1. The average molecular weight is 475 g/mol. The number of carbonyl (C=O) groups is 4. The maximum atomic E-state index is 12.6. The third-order valence-corrected chi connectivity index (χ3v) is 5.75. The van der Waals surface area contributed by atoms with Gasteiger partial charge in [0.1, 0.15) is 12.2 Å². The molecule has 0 unspecified atom stereocenters. The van der Waals surface area contributed by atoms with Crippen molar-refractivity contribution in [3.8, 4) is 0 Å². The number of ether oxygens (including phenoxy) is 2. The first kappa shape index (κ1) is 24.2. The summed E-state index contributed by atoms with van der Waals surface area (Å²) in [6.45, 7) is 5.29. The van der Waals surface area contributed by atoms with Crippen LogP contribution in [0, 0.1) is 5.92 Å². The van der Waals surface area contributed by atoms with E-state index in [1.54, 1.807) is 39.1 Å². The Morgan fingerprint density at radius 2 is 1.91 bits per heavy atom. The largest absolute Gasteiger partial charge is 0.459 e. The van der Waals surface area contributed by atoms with E-state index in [1.165, 1.54) is 11.3 Å². The van der Waals surface area contributed by atoms with Crippen molar-refractivity contribution in [2.24, 2.45) is 11.7 Å². The van der Waals surface area contributed by atoms with Gasteiger partial charge in [-0.15, -0.1) is 11.3 Å². The fraction of sp³-hybridized carbons (Fsp3) is 0.409. The highest BCUT2D eigenvalue weighted by atomic mass is 32.1. The molecule has 0 saturated carbocycles. The van der Waals surface area contributed by atoms with Crippen LogP contribution >= 0.6 is 11.3 Å². The van der Waals surface area contributed by atoms with Crippen molar-refractivity contribution in [2.75, 3.05) is 5.32 Å². The number of likely N-dealkylation sites (tertiary alicyclic amines) is 1. The van der Waals surface area contributed by atoms with Crippen LogP contribution in [-0.4, -0.2) is 45.5 Å². The summed E-state index contributed by atoms with van der Waals surface area (Å²) in [6, 6.07) is 7.02. The third-order valence-electron chi connectivity index (χ3n) is 4.78. The van der Waals surface area contributed by atoms with E-state index in [4.69, 9.17) is 15.2 Å². The Morgan fingerprint density at radius 1 is 1.21 bits per heavy atom. The molecule has 0 bridgehead atoms. The van der Waals surface area contributed by atoms with Gasteiger partial charge in [0.2, 0.25) is 5.91 Å². The lowest BCUT2D eigenvalue weighted by Gasteiger charge is -2.42. The molecular weight excluding hydrogens is 448 g/mol. The number of aryl methyl sites for hydroxylation is 1. The number of nitrogens with one attached hydrogen (secondary N) is 1. The number of esters is 1. The predicted molar refractivity (Wildman–Crippen MR) is 120 cm³/mol. The number of amides is 4. The van der Waals surface area contributed by atoms with Gasteiger partial charge in [0, 0.05) is 11.1 Å². The minimum atomic E-state index is -1.06. The van der Waals surface area contributed by atoms with Crippen LogP contribution in [0.3, 0.4) is 0 Å². The van der Waals surface area contributed by atoms with Gasteiger partial charge in [0.25, 0.3) is 0 Å². The predicted octanol–water partition coefficient (Wildman–Crippen LogP) is 3.07. The fourth-order valence-corrected chi connectivity index (χ4v) is 4.14. The van der Waals surface area contributed by atoms with Gasteiger partial charge >= 0.3 is 18.1 Å². The van der Waals surface area contributed by atoms with Crippen LogP contribution in [0.2, 0.25) is 0 Å². The molecule has 176 valence electrons. The Morgan fingerprint density at radius 3 is 2.55 bits per heavy atom. The van der Waals surface area contributed by atoms with E-state index in [0.29, 0.717) is 18.0 Å². The molecule has 1 aromatic heterocycles. The van der Waals surface area contributed by atoms with E-state index in [9.17, 15) is 19.2 Å². The van der Waals surface area contributed by atoms with Crippen molar-refractivity contribution in [1.29, 1.82) is 0 Å². The SMILES string of the molecule is CC(C)(C)OC(=O)Nc1ncc(CC[C@H]2C(=O)N(C(N)=O)[C@@H]2C(=O)OCc2ccccc2)s1. The Bertz CT molecular complexity index is 1030. The van der Waals surface area contributed by atoms with Crippen LogP contribution in [-0.2, 0) is 32.1 Å². The number of imide groups is 1. The third kappa shape index (κ3) is 6.28. The molecule has 11 heteroatoms. The number of hydrogen-bond donors (Lipinski definition) is 2. The number of benzene rings is 1. The van der Waals surface area contributed by atoms with Crippen LogP contribution in [0.15, 0.2) is 36.5 Å². The Hall–Kier alpha value is -3.47. The molecule has 1 aliphatic heterocycles. The number of β-lactam (4-membered cyclic amide) rings is 1. The summed E-state index contributed by atoms with van der Waals surface area (Å²) < 4.78 is 10.5. The van der Waals surface area contributed by atoms with E-state index in [0.717, 1.165) is 15.3 Å². The zero-order valence-corrected chi connectivity index (χ0v) is 19.4. The molecule has 2 aromatic rings. The fourth-order valence-electron chi connectivity index (χ4n) is 3.33. The van der Waals surface area contributed by atoms with Gasteiger partial charge in [-0.25, -0.2) is 24.3 Å². The van der Waals surface area contributed by atoms with Crippen molar-refractivity contribution < 1.29 is 28.7 Å². The van der Waals surface area contributed by atoms with Crippen LogP contribution in [0.4, 0.5) is 14.7 Å². The lowest BCUT2D eigenvalue weighted by atomic mass is 9.83. The number of primary amides is 1. The van der Waals surface area contributed by atoms with Gasteiger partial charge in [-0.05, 0) is 39.2 Å². The number of hydrogen-bond acceptors (Lipinski definition) is 8. The molecule has 2 atom stereocenters. The molecule has 10 nitrogen and oxygen atoms in total. The van der Waals surface area contributed by atoms with Gasteiger partial charge in [0.15, 0.2) is 11.2 Å². The number of nitrogens with two attached hydrogens (primary N) is 1. The molecule has 33 heavy (non-hydrogen) atoms. The summed E-state index contributed by atoms with van der Waals surface area (Å²) in [5, 5.41) is 2.92. The molecule has 2 heterocycles. The van der Waals surface area contributed by atoms with Gasteiger partial charge in [0.05, 0.1) is 5.92 Å². The van der Waals surface area contributed by atoms with Gasteiger partial charge in [-0.2, -0.15) is 0 Å². The van der Waals surface area contributed by atoms with Gasteiger partial charge < -0.3 is 15.2 Å². The quantitative estimate of drug-likeness (QED) is 0.464. The molecule has 0 spiro atoms. The summed E-state index contributed by atoms with van der Waals surface area (Å²) in [6.07, 6.45) is 1.67. The maximum Gasteiger partial charge on any atom is 0.413 e. The first-order valence-electron chi connectivity index (χ1n) is 10.3. The number of aromatic nitrogens is 1. The molecule has 1 aromatic carbocycles. The van der Waals surface area contributed by atoms with E-state index in [2.05, 4.69) is 10.3 Å². The van der Waals surface area contributed by atoms with Crippen LogP contribution in [0.5, 0.6) is 0 Å². The number of urea groups is 1. The molecule has 0 radical (unpaired) electrons. The summed E-state index contributed by atoms with van der Waals surface area (Å²) in [5.74, 6) is -1.93. The second-order valence-electron chi connectivity index (χ2n) is 8.49. The van der Waals surface area contributed by atoms with E-state index in [-0.39, 0.29) is 6.61 Å². The second-order valence-corrected chi connectivity index (χ2v) is 9.60. The minimum absolute atomic E-state index is 0.0260. The molecule has 3 N–H and O–H groups in total. The highest BCUT2D eigenvalue weighted by molar-refractivity contribution is 7.15. The normalized spacial score (nSPS) is 17.8. The van der Waals surface area contributed by atoms with Gasteiger partial charge in [-0.3, -0.25) is 10.1 Å². The first-order chi connectivity index (χ1) is 15.5. The van der Waals surface area contributed by atoms with Crippen molar-refractivity contribution in [3.63, 3.8) is 0 Å². The highest BCUT2D eigenvalue weighted by Crippen LogP contribution is 2.33. The van der Waals surface area contributed by atoms with E-state index in [1.807, 2.05) is 18.2 Å². The van der Waals surface area contributed by atoms with Crippen molar-refractivity contribution in [1.82, 2.24) is 9.88 Å². The van der Waals surface area contributed by atoms with E-state index < -0.39 is 41.6 Å². The van der Waals surface area contributed by atoms with Crippen molar-refractivity contribution in [3.05, 3.63) is 47.0 Å². The topological polar surface area (TPSA) is 141 Å². The molecule has 3 rings (SSSR count). The second kappa shape index (κ2) is 9.99. The number of nitrogens with zero attached hydrogens (tertiary/aromatic N) is 2. The molecule has 1 saturated heterocycles. The maximum absolute atomic E-state index is 12.6. The number of carbonyl (C=O) groups excluding carboxylic acids is 4. The standard InChI is InChI=1S/C22H26N4O6S/c1-22(2,3)32-21(30)25-20-24-11-14(33-20)9-10-15-16(26(17(15)27)19(23)29)18(28)31-12-13-7-5-4-6-8-13/h4-8,11,15-16H,9-10,12H2,1-3H3,(H2,23,29)(H,24,25,30)/t15-,16+/m1/s1. The lowest BCUT2D eigenvalue weighted by Crippen LogP contribution is -2.67. The first-order valence-corrected chi connectivity index (χ1v) is 11.1. The van der Waals surface area contributed by atoms with Crippen LogP contribution in [0.1, 0.15) is 37.6 Å². The molecular formula is C22H26N4O6S. The van der Waals surface area contributed by atoms with Crippen molar-refractivity contribution >= 4 is 40.5 Å². The summed E-state index contributed by atoms with van der Waals surface area (Å²) in [7, 11) is 0. The van der Waals surface area contributed by atoms with Crippen LogP contribution < -0.4 is 11.1 Å². The number of rotatable bonds is 7. The number of anilines is 1. The molecule has 0 aliphatic carbocycles. The Labute approximate surface area is 195 Å². The molecule has 1 aliphatic rings. The zero-order valence-electron chi connectivity index (χ0n) is 18.6. The van der Waals surface area contributed by atoms with Gasteiger partial charge in [-0.1, -0.05) is 30.3 Å². The molecule has 4 amide bonds. The molecule has 1 fully saturated rings. The van der Waals surface area contributed by atoms with Crippen LogP contribution in [0.25, 0.3) is 0 Å². The average Bonchev–Trinajstić information content (AvgIpc) is 3.16. The van der Waals surface area contributed by atoms with Crippen molar-refractivity contribution in [2.45, 2.75) is 51.9 Å². The minimum Gasteiger partial charge on any atom is -0.459 e. The summed E-state index contributed by atoms with van der Waals surface area (Å²) in [5.41, 5.74) is 5.44. The monoisotopic (exact) mass is 474 g/mol. The Kier molecular flexibility index (Phi) is 7.32. The summed E-state index contributed by atoms with van der Waals surface area (Å²) >= 11 is 1.23. The Balaban J connectivity index is 1.58. The summed E-state index contributed by atoms with van der Waals surface area (Å²) in [4.78, 5) is 54.3. The smallest absolute Gasteiger partial charge is 0.413 e.